The van der Waals surface area contributed by atoms with Gasteiger partial charge in [-0.3, -0.25) is 9.59 Å². The van der Waals surface area contributed by atoms with E-state index >= 15 is 0 Å². The number of aldehydes is 1. The van der Waals surface area contributed by atoms with E-state index in [1.165, 1.54) is 38.5 Å². The molecule has 0 unspecified atom stereocenters. The summed E-state index contributed by atoms with van der Waals surface area (Å²) in [7, 11) is 2.71. The Kier molecular flexibility index (Phi) is 7.04. The predicted octanol–water partition coefficient (Wildman–Crippen LogP) is 3.62. The van der Waals surface area contributed by atoms with Crippen molar-refractivity contribution in [2.75, 3.05) is 26.1 Å². The van der Waals surface area contributed by atoms with E-state index in [1.807, 2.05) is 0 Å². The van der Waals surface area contributed by atoms with Gasteiger partial charge in [0.05, 0.1) is 24.3 Å². The van der Waals surface area contributed by atoms with Crippen molar-refractivity contribution in [2.24, 2.45) is 0 Å². The summed E-state index contributed by atoms with van der Waals surface area (Å²) in [6.45, 7) is -0.586. The van der Waals surface area contributed by atoms with Crippen LogP contribution in [0.15, 0.2) is 30.3 Å². The predicted molar refractivity (Wildman–Crippen MR) is 100 cm³/mol. The molecule has 0 fully saturated rings. The number of halogens is 2. The van der Waals surface area contributed by atoms with Crippen LogP contribution in [0.1, 0.15) is 20.7 Å². The number of esters is 1. The van der Waals surface area contributed by atoms with Gasteiger partial charge in [-0.1, -0.05) is 23.2 Å². The summed E-state index contributed by atoms with van der Waals surface area (Å²) < 4.78 is 15.2. The molecule has 0 radical (unpaired) electrons. The maximum Gasteiger partial charge on any atom is 0.343 e. The third-order valence-corrected chi connectivity index (χ3v) is 4.19. The van der Waals surface area contributed by atoms with Gasteiger partial charge >= 0.3 is 5.97 Å². The van der Waals surface area contributed by atoms with E-state index < -0.39 is 18.5 Å². The molecule has 0 atom stereocenters. The summed E-state index contributed by atoms with van der Waals surface area (Å²) >= 11 is 11.7. The third kappa shape index (κ3) is 4.90. The lowest BCUT2D eigenvalue weighted by Gasteiger charge is -2.14. The number of anilines is 1. The smallest absolute Gasteiger partial charge is 0.343 e. The van der Waals surface area contributed by atoms with Gasteiger partial charge in [0.1, 0.15) is 5.56 Å². The fraction of sp³-hybridized carbons (Fsp3) is 0.167. The molecule has 7 nitrogen and oxygen atoms in total. The zero-order valence-corrected chi connectivity index (χ0v) is 15.9. The van der Waals surface area contributed by atoms with Crippen LogP contribution in [-0.4, -0.2) is 39.0 Å². The van der Waals surface area contributed by atoms with Gasteiger partial charge in [0.15, 0.2) is 24.4 Å². The minimum absolute atomic E-state index is 0.0389. The first kappa shape index (κ1) is 20.5. The molecule has 0 aliphatic carbocycles. The number of hydrogen-bond donors (Lipinski definition) is 1. The summed E-state index contributed by atoms with van der Waals surface area (Å²) in [5.74, 6) is -1.22. The van der Waals surface area contributed by atoms with Gasteiger partial charge in [-0.15, -0.1) is 0 Å². The summed E-state index contributed by atoms with van der Waals surface area (Å²) in [6.07, 6.45) is 0.480. The van der Waals surface area contributed by atoms with Crippen molar-refractivity contribution in [3.05, 3.63) is 51.5 Å². The SMILES string of the molecule is COc1ccc(C=O)c(C(=O)OCC(=O)Nc2ccc(Cl)c(Cl)c2)c1OC. The van der Waals surface area contributed by atoms with Crippen LogP contribution in [-0.2, 0) is 9.53 Å². The van der Waals surface area contributed by atoms with Crippen LogP contribution < -0.4 is 14.8 Å². The van der Waals surface area contributed by atoms with E-state index in [9.17, 15) is 14.4 Å². The number of ether oxygens (including phenoxy) is 3. The Morgan fingerprint density at radius 3 is 2.41 bits per heavy atom. The van der Waals surface area contributed by atoms with Crippen molar-refractivity contribution in [2.45, 2.75) is 0 Å². The highest BCUT2D eigenvalue weighted by atomic mass is 35.5. The Hall–Kier alpha value is -2.77. The van der Waals surface area contributed by atoms with Gasteiger partial charge < -0.3 is 19.5 Å². The fourth-order valence-electron chi connectivity index (χ4n) is 2.23. The second kappa shape index (κ2) is 9.25. The lowest BCUT2D eigenvalue weighted by atomic mass is 10.1. The molecule has 142 valence electrons. The molecule has 0 heterocycles. The minimum atomic E-state index is -0.905. The molecule has 0 aliphatic heterocycles. The minimum Gasteiger partial charge on any atom is -0.493 e. The van der Waals surface area contributed by atoms with Crippen LogP contribution in [0.2, 0.25) is 10.0 Å². The number of hydrogen-bond acceptors (Lipinski definition) is 6. The van der Waals surface area contributed by atoms with Crippen molar-refractivity contribution in [1.82, 2.24) is 0 Å². The Bertz CT molecular complexity index is 884. The Balaban J connectivity index is 2.12. The zero-order chi connectivity index (χ0) is 20.0. The lowest BCUT2D eigenvalue weighted by molar-refractivity contribution is -0.119. The highest BCUT2D eigenvalue weighted by molar-refractivity contribution is 6.42. The van der Waals surface area contributed by atoms with Crippen molar-refractivity contribution >= 4 is 47.1 Å². The Morgan fingerprint density at radius 2 is 1.81 bits per heavy atom. The maximum absolute atomic E-state index is 12.4. The summed E-state index contributed by atoms with van der Waals surface area (Å²) in [4.78, 5) is 35.6. The highest BCUT2D eigenvalue weighted by Gasteiger charge is 2.23. The van der Waals surface area contributed by atoms with Gasteiger partial charge in [-0.2, -0.15) is 0 Å². The van der Waals surface area contributed by atoms with Gasteiger partial charge in [-0.05, 0) is 30.3 Å². The fourth-order valence-corrected chi connectivity index (χ4v) is 2.52. The average Bonchev–Trinajstić information content (AvgIpc) is 2.67. The molecule has 0 saturated carbocycles. The second-order valence-corrected chi connectivity index (χ2v) is 5.95. The molecular weight excluding hydrogens is 397 g/mol. The van der Waals surface area contributed by atoms with E-state index in [0.29, 0.717) is 17.0 Å². The quantitative estimate of drug-likeness (QED) is 0.552. The topological polar surface area (TPSA) is 90.9 Å². The van der Waals surface area contributed by atoms with E-state index in [2.05, 4.69) is 5.32 Å². The molecule has 0 saturated heterocycles. The van der Waals surface area contributed by atoms with E-state index in [4.69, 9.17) is 37.4 Å². The molecule has 1 N–H and O–H groups in total. The standard InChI is InChI=1S/C18H15Cl2NO6/c1-25-14-6-3-10(8-22)16(17(14)26-2)18(24)27-9-15(23)21-11-4-5-12(19)13(20)7-11/h3-8H,9H2,1-2H3,(H,21,23). The normalized spacial score (nSPS) is 10.1. The first-order valence-corrected chi connectivity index (χ1v) is 8.29. The number of methoxy groups -OCH3 is 2. The average molecular weight is 412 g/mol. The van der Waals surface area contributed by atoms with Crippen LogP contribution in [0, 0.1) is 0 Å². The zero-order valence-electron chi connectivity index (χ0n) is 14.4. The molecule has 9 heteroatoms. The number of carbonyl (C=O) groups is 3. The van der Waals surface area contributed by atoms with Crippen molar-refractivity contribution in [3.8, 4) is 11.5 Å². The summed E-state index contributed by atoms with van der Waals surface area (Å²) in [5, 5.41) is 3.12. The van der Waals surface area contributed by atoms with E-state index in [-0.39, 0.29) is 27.6 Å². The van der Waals surface area contributed by atoms with E-state index in [0.717, 1.165) is 0 Å². The molecule has 0 aromatic heterocycles. The van der Waals surface area contributed by atoms with Crippen LogP contribution in [0.4, 0.5) is 5.69 Å². The maximum atomic E-state index is 12.4. The van der Waals surface area contributed by atoms with Crippen LogP contribution >= 0.6 is 23.2 Å². The molecular formula is C18H15Cl2NO6. The number of amides is 1. The third-order valence-electron chi connectivity index (χ3n) is 3.45. The van der Waals surface area contributed by atoms with Crippen molar-refractivity contribution in [3.63, 3.8) is 0 Å². The van der Waals surface area contributed by atoms with Gasteiger partial charge in [-0.25, -0.2) is 4.79 Å². The van der Waals surface area contributed by atoms with Crippen LogP contribution in [0.5, 0.6) is 11.5 Å². The van der Waals surface area contributed by atoms with Crippen molar-refractivity contribution in [1.29, 1.82) is 0 Å². The largest absolute Gasteiger partial charge is 0.493 e. The summed E-state index contributed by atoms with van der Waals surface area (Å²) in [5.41, 5.74) is 0.301. The molecule has 27 heavy (non-hydrogen) atoms. The van der Waals surface area contributed by atoms with Crippen molar-refractivity contribution < 1.29 is 28.6 Å². The van der Waals surface area contributed by atoms with Crippen LogP contribution in [0.3, 0.4) is 0 Å². The first-order valence-electron chi connectivity index (χ1n) is 7.53. The Labute approximate surface area is 165 Å². The van der Waals surface area contributed by atoms with Gasteiger partial charge in [0.25, 0.3) is 5.91 Å². The highest BCUT2D eigenvalue weighted by Crippen LogP contribution is 2.33. The molecule has 1 amide bonds. The number of carbonyl (C=O) groups excluding carboxylic acids is 3. The molecule has 0 spiro atoms. The number of benzene rings is 2. The number of rotatable bonds is 7. The molecule has 0 aliphatic rings. The number of nitrogens with one attached hydrogen (secondary N) is 1. The summed E-state index contributed by atoms with van der Waals surface area (Å²) in [6, 6.07) is 7.39. The monoisotopic (exact) mass is 411 g/mol. The molecule has 2 rings (SSSR count). The molecule has 0 bridgehead atoms. The molecule has 2 aromatic carbocycles. The lowest BCUT2D eigenvalue weighted by Crippen LogP contribution is -2.22. The second-order valence-electron chi connectivity index (χ2n) is 5.14. The van der Waals surface area contributed by atoms with Crippen LogP contribution in [0.25, 0.3) is 0 Å². The van der Waals surface area contributed by atoms with Gasteiger partial charge in [0.2, 0.25) is 0 Å². The van der Waals surface area contributed by atoms with Gasteiger partial charge in [0, 0.05) is 11.3 Å². The first-order chi connectivity index (χ1) is 12.9. The Morgan fingerprint density at radius 1 is 1.07 bits per heavy atom. The molecule has 2 aromatic rings. The van der Waals surface area contributed by atoms with E-state index in [1.54, 1.807) is 6.07 Å².